The fourth-order valence-corrected chi connectivity index (χ4v) is 3.39. The molecule has 0 spiro atoms. The molecule has 0 aliphatic heterocycles. The van der Waals surface area contributed by atoms with E-state index in [1.807, 2.05) is 30.3 Å². The zero-order valence-electron chi connectivity index (χ0n) is 17.4. The molecule has 6 nitrogen and oxygen atoms in total. The van der Waals surface area contributed by atoms with E-state index in [0.29, 0.717) is 17.5 Å². The first-order chi connectivity index (χ1) is 15.0. The van der Waals surface area contributed by atoms with Crippen LogP contribution in [0.1, 0.15) is 28.4 Å². The number of carbonyl (C=O) groups excluding carboxylic acids is 2. The summed E-state index contributed by atoms with van der Waals surface area (Å²) in [7, 11) is 1.33. The Bertz CT molecular complexity index is 1090. The van der Waals surface area contributed by atoms with E-state index in [0.717, 1.165) is 16.7 Å². The second-order valence-corrected chi connectivity index (χ2v) is 7.22. The molecule has 2 atom stereocenters. The van der Waals surface area contributed by atoms with Crippen molar-refractivity contribution in [2.45, 2.75) is 19.4 Å². The van der Waals surface area contributed by atoms with Gasteiger partial charge in [-0.2, -0.15) is 5.26 Å². The highest BCUT2D eigenvalue weighted by atomic mass is 16.5. The first-order valence-corrected chi connectivity index (χ1v) is 9.90. The molecule has 1 N–H and O–H groups in total. The van der Waals surface area contributed by atoms with E-state index in [-0.39, 0.29) is 5.91 Å². The van der Waals surface area contributed by atoms with E-state index in [1.54, 1.807) is 49.6 Å². The van der Waals surface area contributed by atoms with Gasteiger partial charge in [0.05, 0.1) is 24.7 Å². The van der Waals surface area contributed by atoms with Gasteiger partial charge in [0.15, 0.2) is 0 Å². The van der Waals surface area contributed by atoms with Crippen molar-refractivity contribution in [1.29, 1.82) is 5.26 Å². The standard InChI is InChI=1S/C25H23N3O3/c1-17(23(25(30)31-2)15-18-4-3-5-19(14-18)16-26)28-24(29)22-8-6-20(7-9-22)21-10-12-27-13-11-21/h3-14,17,23H,15H2,1-2H3,(H,28,29)/t17-,23?/m1/s1. The van der Waals surface area contributed by atoms with Crippen molar-refractivity contribution in [3.63, 3.8) is 0 Å². The van der Waals surface area contributed by atoms with Crippen LogP contribution >= 0.6 is 0 Å². The van der Waals surface area contributed by atoms with Crippen molar-refractivity contribution in [2.24, 2.45) is 5.92 Å². The molecule has 0 aliphatic rings. The van der Waals surface area contributed by atoms with Gasteiger partial charge in [0.1, 0.15) is 0 Å². The summed E-state index contributed by atoms with van der Waals surface area (Å²) >= 11 is 0. The third kappa shape index (κ3) is 5.55. The minimum absolute atomic E-state index is 0.270. The highest BCUT2D eigenvalue weighted by molar-refractivity contribution is 5.95. The van der Waals surface area contributed by atoms with E-state index < -0.39 is 17.9 Å². The summed E-state index contributed by atoms with van der Waals surface area (Å²) in [6.45, 7) is 1.78. The maximum atomic E-state index is 12.8. The molecule has 1 heterocycles. The third-order valence-corrected chi connectivity index (χ3v) is 5.14. The lowest BCUT2D eigenvalue weighted by Gasteiger charge is -2.23. The first-order valence-electron chi connectivity index (χ1n) is 9.90. The van der Waals surface area contributed by atoms with Crippen LogP contribution in [0.15, 0.2) is 73.1 Å². The van der Waals surface area contributed by atoms with E-state index in [2.05, 4.69) is 16.4 Å². The number of nitriles is 1. The van der Waals surface area contributed by atoms with Gasteiger partial charge in [0.2, 0.25) is 0 Å². The quantitative estimate of drug-likeness (QED) is 0.595. The van der Waals surface area contributed by atoms with Gasteiger partial charge >= 0.3 is 5.97 Å². The summed E-state index contributed by atoms with van der Waals surface area (Å²) in [5.41, 5.74) is 3.85. The number of nitrogens with zero attached hydrogens (tertiary/aromatic N) is 2. The van der Waals surface area contributed by atoms with Crippen molar-refractivity contribution in [1.82, 2.24) is 10.3 Å². The molecule has 1 unspecified atom stereocenters. The summed E-state index contributed by atoms with van der Waals surface area (Å²) in [5.74, 6) is -1.27. The lowest BCUT2D eigenvalue weighted by molar-refractivity contribution is -0.146. The Hall–Kier alpha value is -3.98. The molecule has 0 radical (unpaired) electrons. The highest BCUT2D eigenvalue weighted by Crippen LogP contribution is 2.20. The number of ether oxygens (including phenoxy) is 1. The number of methoxy groups -OCH3 is 1. The Morgan fingerprint density at radius 2 is 1.74 bits per heavy atom. The largest absolute Gasteiger partial charge is 0.469 e. The number of nitrogens with one attached hydrogen (secondary N) is 1. The van der Waals surface area contributed by atoms with E-state index in [9.17, 15) is 9.59 Å². The molecule has 1 aromatic heterocycles. The molecule has 3 rings (SSSR count). The normalized spacial score (nSPS) is 12.3. The Kier molecular flexibility index (Phi) is 7.13. The van der Waals surface area contributed by atoms with Crippen LogP contribution in [0.4, 0.5) is 0 Å². The molecular weight excluding hydrogens is 390 g/mol. The van der Waals surface area contributed by atoms with Crippen molar-refractivity contribution in [3.05, 3.63) is 89.7 Å². The average molecular weight is 413 g/mol. The lowest BCUT2D eigenvalue weighted by Crippen LogP contribution is -2.42. The van der Waals surface area contributed by atoms with Gasteiger partial charge in [0, 0.05) is 24.0 Å². The minimum atomic E-state index is -0.584. The van der Waals surface area contributed by atoms with Crippen LogP contribution in [0.2, 0.25) is 0 Å². The molecule has 156 valence electrons. The van der Waals surface area contributed by atoms with Gasteiger partial charge in [-0.15, -0.1) is 0 Å². The molecule has 31 heavy (non-hydrogen) atoms. The molecule has 0 saturated heterocycles. The number of hydrogen-bond acceptors (Lipinski definition) is 5. The number of rotatable bonds is 7. The monoisotopic (exact) mass is 413 g/mol. The Labute approximate surface area is 181 Å². The molecule has 6 heteroatoms. The van der Waals surface area contributed by atoms with Crippen molar-refractivity contribution >= 4 is 11.9 Å². The molecule has 1 amide bonds. The number of esters is 1. The topological polar surface area (TPSA) is 92.1 Å². The molecule has 0 bridgehead atoms. The van der Waals surface area contributed by atoms with E-state index in [1.165, 1.54) is 7.11 Å². The molecular formula is C25H23N3O3. The molecule has 0 fully saturated rings. The van der Waals surface area contributed by atoms with Crippen LogP contribution in [0.3, 0.4) is 0 Å². The Balaban J connectivity index is 1.71. The zero-order chi connectivity index (χ0) is 22.2. The number of hydrogen-bond donors (Lipinski definition) is 1. The SMILES string of the molecule is COC(=O)C(Cc1cccc(C#N)c1)[C@@H](C)NC(=O)c1ccc(-c2ccncc2)cc1. The van der Waals surface area contributed by atoms with Gasteiger partial charge in [-0.3, -0.25) is 14.6 Å². The Morgan fingerprint density at radius 1 is 1.06 bits per heavy atom. The summed E-state index contributed by atoms with van der Waals surface area (Å²) in [6.07, 6.45) is 3.79. The fraction of sp³-hybridized carbons (Fsp3) is 0.200. The number of pyridine rings is 1. The van der Waals surface area contributed by atoms with Crippen LogP contribution in [0.25, 0.3) is 11.1 Å². The zero-order valence-corrected chi connectivity index (χ0v) is 17.4. The van der Waals surface area contributed by atoms with Gasteiger partial charge in [-0.1, -0.05) is 24.3 Å². The van der Waals surface area contributed by atoms with E-state index >= 15 is 0 Å². The van der Waals surface area contributed by atoms with Crippen LogP contribution in [0.5, 0.6) is 0 Å². The fourth-order valence-electron chi connectivity index (χ4n) is 3.39. The molecule has 2 aromatic carbocycles. The van der Waals surface area contributed by atoms with Crippen LogP contribution < -0.4 is 5.32 Å². The van der Waals surface area contributed by atoms with Crippen molar-refractivity contribution in [3.8, 4) is 17.2 Å². The lowest BCUT2D eigenvalue weighted by atomic mass is 9.92. The van der Waals surface area contributed by atoms with Crippen molar-refractivity contribution in [2.75, 3.05) is 7.11 Å². The first kappa shape index (κ1) is 21.7. The van der Waals surface area contributed by atoms with Gasteiger partial charge in [-0.05, 0) is 66.4 Å². The van der Waals surface area contributed by atoms with Gasteiger partial charge < -0.3 is 10.1 Å². The predicted octanol–water partition coefficient (Wildman–Crippen LogP) is 3.77. The number of amides is 1. The molecule has 3 aromatic rings. The second kappa shape index (κ2) is 10.2. The maximum Gasteiger partial charge on any atom is 0.311 e. The number of benzene rings is 2. The van der Waals surface area contributed by atoms with Gasteiger partial charge in [-0.25, -0.2) is 0 Å². The van der Waals surface area contributed by atoms with Crippen LogP contribution in [-0.2, 0) is 16.0 Å². The highest BCUT2D eigenvalue weighted by Gasteiger charge is 2.28. The third-order valence-electron chi connectivity index (χ3n) is 5.14. The Morgan fingerprint density at radius 3 is 2.39 bits per heavy atom. The van der Waals surface area contributed by atoms with Crippen molar-refractivity contribution < 1.29 is 14.3 Å². The second-order valence-electron chi connectivity index (χ2n) is 7.22. The molecule has 0 aliphatic carbocycles. The minimum Gasteiger partial charge on any atom is -0.469 e. The van der Waals surface area contributed by atoms with Crippen LogP contribution in [-0.4, -0.2) is 30.0 Å². The predicted molar refractivity (Wildman–Crippen MR) is 117 cm³/mol. The molecule has 0 saturated carbocycles. The number of aromatic nitrogens is 1. The summed E-state index contributed by atoms with van der Waals surface area (Å²) in [5, 5.41) is 12.0. The smallest absolute Gasteiger partial charge is 0.311 e. The average Bonchev–Trinajstić information content (AvgIpc) is 2.82. The summed E-state index contributed by atoms with van der Waals surface area (Å²) < 4.78 is 4.95. The van der Waals surface area contributed by atoms with E-state index in [4.69, 9.17) is 10.00 Å². The summed E-state index contributed by atoms with van der Waals surface area (Å²) in [6, 6.07) is 19.8. The summed E-state index contributed by atoms with van der Waals surface area (Å²) in [4.78, 5) is 29.2. The van der Waals surface area contributed by atoms with Gasteiger partial charge in [0.25, 0.3) is 5.91 Å². The number of carbonyl (C=O) groups is 2. The maximum absolute atomic E-state index is 12.8. The van der Waals surface area contributed by atoms with Crippen LogP contribution in [0, 0.1) is 17.2 Å².